The van der Waals surface area contributed by atoms with E-state index in [1.165, 1.54) is 24.3 Å². The Bertz CT molecular complexity index is 658. The lowest BCUT2D eigenvalue weighted by Crippen LogP contribution is -2.44. The van der Waals surface area contributed by atoms with Crippen LogP contribution in [0.5, 0.6) is 5.75 Å². The van der Waals surface area contributed by atoms with E-state index in [9.17, 15) is 9.18 Å². The number of carbonyl (C=O) groups is 1. The molecule has 0 spiro atoms. The van der Waals surface area contributed by atoms with E-state index in [2.05, 4.69) is 5.32 Å². The van der Waals surface area contributed by atoms with Crippen molar-refractivity contribution in [2.24, 2.45) is 0 Å². The first-order chi connectivity index (χ1) is 10.1. The van der Waals surface area contributed by atoms with Gasteiger partial charge in [-0.25, -0.2) is 9.18 Å². The highest BCUT2D eigenvalue weighted by Crippen LogP contribution is 2.33. The Hall–Kier alpha value is -2.56. The minimum Gasteiger partial charge on any atom is -0.487 e. The van der Waals surface area contributed by atoms with Crippen molar-refractivity contribution < 1.29 is 13.9 Å². The predicted molar refractivity (Wildman–Crippen MR) is 79.3 cm³/mol. The minimum absolute atomic E-state index is 0.0844. The number of urea groups is 1. The molecule has 1 atom stereocenters. The fraction of sp³-hybridized carbons (Fsp3) is 0.188. The molecule has 0 fully saturated rings. The molecule has 0 aromatic heterocycles. The van der Waals surface area contributed by atoms with Gasteiger partial charge < -0.3 is 10.1 Å². The zero-order valence-corrected chi connectivity index (χ0v) is 11.5. The van der Waals surface area contributed by atoms with Gasteiger partial charge in [-0.1, -0.05) is 12.1 Å². The molecule has 5 heteroatoms. The molecule has 4 nitrogen and oxygen atoms in total. The van der Waals surface area contributed by atoms with E-state index in [4.69, 9.17) is 4.74 Å². The summed E-state index contributed by atoms with van der Waals surface area (Å²) < 4.78 is 18.6. The second kappa shape index (κ2) is 5.44. The van der Waals surface area contributed by atoms with Gasteiger partial charge in [-0.2, -0.15) is 0 Å². The fourth-order valence-corrected chi connectivity index (χ4v) is 2.31. The first kappa shape index (κ1) is 13.4. The lowest BCUT2D eigenvalue weighted by Gasteiger charge is -2.33. The van der Waals surface area contributed by atoms with Crippen LogP contribution in [-0.2, 0) is 0 Å². The SMILES string of the molecule is C[C@H]1CN(C(=O)Nc2ccc(F)cc2)c2ccccc2O1. The van der Waals surface area contributed by atoms with Gasteiger partial charge >= 0.3 is 6.03 Å². The van der Waals surface area contributed by atoms with Gasteiger partial charge in [-0.05, 0) is 43.3 Å². The molecule has 1 aliphatic rings. The summed E-state index contributed by atoms with van der Waals surface area (Å²) in [6, 6.07) is 12.8. The molecule has 2 aromatic rings. The van der Waals surface area contributed by atoms with Gasteiger partial charge in [0.15, 0.2) is 0 Å². The maximum atomic E-state index is 12.9. The molecular formula is C16H15FN2O2. The molecule has 0 saturated heterocycles. The van der Waals surface area contributed by atoms with Crippen LogP contribution >= 0.6 is 0 Å². The van der Waals surface area contributed by atoms with Crippen molar-refractivity contribution in [3.05, 3.63) is 54.3 Å². The summed E-state index contributed by atoms with van der Waals surface area (Å²) in [5.74, 6) is 0.351. The summed E-state index contributed by atoms with van der Waals surface area (Å²) in [5, 5.41) is 2.77. The molecular weight excluding hydrogens is 271 g/mol. The largest absolute Gasteiger partial charge is 0.487 e. The topological polar surface area (TPSA) is 41.6 Å². The number of anilines is 2. The molecule has 1 N–H and O–H groups in total. The van der Waals surface area contributed by atoms with Crippen molar-refractivity contribution in [1.29, 1.82) is 0 Å². The Morgan fingerprint density at radius 3 is 2.71 bits per heavy atom. The zero-order valence-electron chi connectivity index (χ0n) is 11.5. The monoisotopic (exact) mass is 286 g/mol. The third-order valence-electron chi connectivity index (χ3n) is 3.26. The normalized spacial score (nSPS) is 16.9. The molecule has 21 heavy (non-hydrogen) atoms. The maximum Gasteiger partial charge on any atom is 0.326 e. The van der Waals surface area contributed by atoms with Crippen molar-refractivity contribution in [2.75, 3.05) is 16.8 Å². The molecule has 2 aromatic carbocycles. The number of benzene rings is 2. The van der Waals surface area contributed by atoms with Crippen molar-refractivity contribution in [3.63, 3.8) is 0 Å². The van der Waals surface area contributed by atoms with Crippen molar-refractivity contribution >= 4 is 17.4 Å². The molecule has 1 aliphatic heterocycles. The van der Waals surface area contributed by atoms with Crippen LogP contribution < -0.4 is 15.0 Å². The van der Waals surface area contributed by atoms with Crippen LogP contribution in [0.25, 0.3) is 0 Å². The highest BCUT2D eigenvalue weighted by Gasteiger charge is 2.27. The molecule has 0 aliphatic carbocycles. The van der Waals surface area contributed by atoms with E-state index >= 15 is 0 Å². The number of ether oxygens (including phenoxy) is 1. The van der Waals surface area contributed by atoms with Crippen molar-refractivity contribution in [2.45, 2.75) is 13.0 Å². The van der Waals surface area contributed by atoms with Crippen LogP contribution in [0, 0.1) is 5.82 Å². The van der Waals surface area contributed by atoms with Gasteiger partial charge in [0, 0.05) is 5.69 Å². The lowest BCUT2D eigenvalue weighted by molar-refractivity contribution is 0.208. The summed E-state index contributed by atoms with van der Waals surface area (Å²) in [6.07, 6.45) is -0.0844. The Balaban J connectivity index is 1.83. The van der Waals surface area contributed by atoms with E-state index in [-0.39, 0.29) is 18.0 Å². The number of carbonyl (C=O) groups excluding carboxylic acids is 1. The number of para-hydroxylation sites is 2. The first-order valence-corrected chi connectivity index (χ1v) is 6.73. The van der Waals surface area contributed by atoms with Gasteiger partial charge in [0.25, 0.3) is 0 Å². The van der Waals surface area contributed by atoms with E-state index < -0.39 is 0 Å². The Kier molecular flexibility index (Phi) is 3.48. The highest BCUT2D eigenvalue weighted by atomic mass is 19.1. The Morgan fingerprint density at radius 1 is 1.24 bits per heavy atom. The molecule has 0 bridgehead atoms. The second-order valence-electron chi connectivity index (χ2n) is 4.94. The zero-order chi connectivity index (χ0) is 14.8. The van der Waals surface area contributed by atoms with E-state index in [1.54, 1.807) is 4.90 Å². The standard InChI is InChI=1S/C16H15FN2O2/c1-11-10-19(14-4-2-3-5-15(14)21-11)16(20)18-13-8-6-12(17)7-9-13/h2-9,11H,10H2,1H3,(H,18,20)/t11-/m0/s1. The molecule has 0 radical (unpaired) electrons. The first-order valence-electron chi connectivity index (χ1n) is 6.73. The van der Waals surface area contributed by atoms with Crippen LogP contribution in [0.15, 0.2) is 48.5 Å². The molecule has 0 saturated carbocycles. The molecule has 1 heterocycles. The molecule has 3 rings (SSSR count). The van der Waals surface area contributed by atoms with Crippen LogP contribution in [0.4, 0.5) is 20.6 Å². The van der Waals surface area contributed by atoms with Crippen LogP contribution in [0.2, 0.25) is 0 Å². The number of amides is 2. The summed E-state index contributed by atoms with van der Waals surface area (Å²) in [4.78, 5) is 14.1. The van der Waals surface area contributed by atoms with E-state index in [1.807, 2.05) is 31.2 Å². The van der Waals surface area contributed by atoms with E-state index in [0.717, 1.165) is 5.69 Å². The number of fused-ring (bicyclic) bond motifs is 1. The van der Waals surface area contributed by atoms with Crippen molar-refractivity contribution in [1.82, 2.24) is 0 Å². The number of hydrogen-bond donors (Lipinski definition) is 1. The van der Waals surface area contributed by atoms with Crippen LogP contribution in [0.3, 0.4) is 0 Å². The van der Waals surface area contributed by atoms with E-state index in [0.29, 0.717) is 18.0 Å². The quantitative estimate of drug-likeness (QED) is 0.869. The number of nitrogens with zero attached hydrogens (tertiary/aromatic N) is 1. The summed E-state index contributed by atoms with van der Waals surface area (Å²) in [7, 11) is 0. The van der Waals surface area contributed by atoms with Crippen LogP contribution in [-0.4, -0.2) is 18.7 Å². The summed E-state index contributed by atoms with van der Waals surface area (Å²) in [6.45, 7) is 2.37. The van der Waals surface area contributed by atoms with Gasteiger partial charge in [0.2, 0.25) is 0 Å². The van der Waals surface area contributed by atoms with Crippen molar-refractivity contribution in [3.8, 4) is 5.75 Å². The number of nitrogens with one attached hydrogen (secondary N) is 1. The number of hydrogen-bond acceptors (Lipinski definition) is 2. The fourth-order valence-electron chi connectivity index (χ4n) is 2.31. The van der Waals surface area contributed by atoms with Gasteiger partial charge in [-0.3, -0.25) is 4.90 Å². The average Bonchev–Trinajstić information content (AvgIpc) is 2.48. The Morgan fingerprint density at radius 2 is 1.95 bits per heavy atom. The maximum absolute atomic E-state index is 12.9. The van der Waals surface area contributed by atoms with Gasteiger partial charge in [0.05, 0.1) is 12.2 Å². The molecule has 2 amide bonds. The lowest BCUT2D eigenvalue weighted by atomic mass is 10.2. The summed E-state index contributed by atoms with van der Waals surface area (Å²) in [5.41, 5.74) is 1.29. The predicted octanol–water partition coefficient (Wildman–Crippen LogP) is 3.65. The summed E-state index contributed by atoms with van der Waals surface area (Å²) >= 11 is 0. The average molecular weight is 286 g/mol. The molecule has 0 unspecified atom stereocenters. The third-order valence-corrected chi connectivity index (χ3v) is 3.26. The van der Waals surface area contributed by atoms with Gasteiger partial charge in [-0.15, -0.1) is 0 Å². The molecule has 108 valence electrons. The highest BCUT2D eigenvalue weighted by molar-refractivity contribution is 6.03. The smallest absolute Gasteiger partial charge is 0.326 e. The Labute approximate surface area is 122 Å². The second-order valence-corrected chi connectivity index (χ2v) is 4.94. The minimum atomic E-state index is -0.335. The third kappa shape index (κ3) is 2.81. The number of rotatable bonds is 1. The number of halogens is 1. The van der Waals surface area contributed by atoms with Gasteiger partial charge in [0.1, 0.15) is 17.7 Å². The van der Waals surface area contributed by atoms with Crippen LogP contribution in [0.1, 0.15) is 6.92 Å².